The van der Waals surface area contributed by atoms with Crippen molar-refractivity contribution in [3.8, 4) is 0 Å². The summed E-state index contributed by atoms with van der Waals surface area (Å²) in [5, 5.41) is 2.00. The first-order chi connectivity index (χ1) is 12.7. The lowest BCUT2D eigenvalue weighted by Gasteiger charge is -2.29. The van der Waals surface area contributed by atoms with Gasteiger partial charge in [0.1, 0.15) is 0 Å². The summed E-state index contributed by atoms with van der Waals surface area (Å²) in [6.07, 6.45) is 1.84. The maximum atomic E-state index is 12.7. The molecule has 1 aliphatic heterocycles. The zero-order chi connectivity index (χ0) is 18.1. The Morgan fingerprint density at radius 3 is 2.69 bits per heavy atom. The van der Waals surface area contributed by atoms with E-state index in [9.17, 15) is 9.59 Å². The molecule has 0 bridgehead atoms. The van der Waals surface area contributed by atoms with E-state index in [1.165, 1.54) is 22.5 Å². The molecule has 1 saturated heterocycles. The monoisotopic (exact) mass is 367 g/mol. The third kappa shape index (κ3) is 2.97. The smallest absolute Gasteiger partial charge is 0.409 e. The van der Waals surface area contributed by atoms with Gasteiger partial charge in [0.2, 0.25) is 0 Å². The number of fused-ring (bicyclic) bond motifs is 2. The Kier molecular flexibility index (Phi) is 4.64. The van der Waals surface area contributed by atoms with Crippen molar-refractivity contribution in [2.45, 2.75) is 26.2 Å². The number of carbonyl (C=O) groups is 2. The van der Waals surface area contributed by atoms with Crippen LogP contribution >= 0.6 is 11.3 Å². The van der Waals surface area contributed by atoms with Crippen molar-refractivity contribution in [2.75, 3.05) is 19.7 Å². The van der Waals surface area contributed by atoms with Gasteiger partial charge in [-0.2, -0.15) is 0 Å². The molecule has 2 aromatic rings. The van der Waals surface area contributed by atoms with Crippen molar-refractivity contribution in [3.63, 3.8) is 0 Å². The van der Waals surface area contributed by atoms with Crippen LogP contribution in [-0.4, -0.2) is 36.5 Å². The van der Waals surface area contributed by atoms with E-state index in [0.717, 1.165) is 34.4 Å². The van der Waals surface area contributed by atoms with E-state index in [1.54, 1.807) is 4.90 Å². The fourth-order valence-electron chi connectivity index (χ4n) is 3.84. The molecule has 1 aromatic heterocycles. The first kappa shape index (κ1) is 17.0. The molecule has 0 spiro atoms. The molecule has 0 saturated carbocycles. The van der Waals surface area contributed by atoms with Crippen LogP contribution in [-0.2, 0) is 11.2 Å². The van der Waals surface area contributed by atoms with Crippen LogP contribution in [0.15, 0.2) is 41.3 Å². The second-order valence-electron chi connectivity index (χ2n) is 6.59. The van der Waals surface area contributed by atoms with Crippen molar-refractivity contribution < 1.29 is 14.3 Å². The summed E-state index contributed by atoms with van der Waals surface area (Å²) in [6.45, 7) is 3.55. The summed E-state index contributed by atoms with van der Waals surface area (Å²) in [7, 11) is 0. The molecule has 0 atom stereocenters. The maximum Gasteiger partial charge on any atom is 0.409 e. The predicted molar refractivity (Wildman–Crippen MR) is 103 cm³/mol. The van der Waals surface area contributed by atoms with Gasteiger partial charge < -0.3 is 9.64 Å². The molecule has 2 heterocycles. The molecule has 134 valence electrons. The van der Waals surface area contributed by atoms with Crippen LogP contribution < -0.4 is 0 Å². The molecule has 0 unspecified atom stereocenters. The van der Waals surface area contributed by atoms with Gasteiger partial charge in [-0.25, -0.2) is 4.79 Å². The van der Waals surface area contributed by atoms with E-state index in [4.69, 9.17) is 4.74 Å². The summed E-state index contributed by atoms with van der Waals surface area (Å²) in [5.41, 5.74) is 5.84. The standard InChI is InChI=1S/C21H21NO3S/c1-2-25-21(24)22-10-7-14(8-11-22)19-16-6-4-3-5-15(16)13-18(23)20-17(19)9-12-26-20/h3-6,9,12H,2,7-8,10-11,13H2,1H3. The molecule has 1 aliphatic carbocycles. The number of carbonyl (C=O) groups excluding carboxylic acids is 2. The summed E-state index contributed by atoms with van der Waals surface area (Å²) >= 11 is 1.53. The second-order valence-corrected chi connectivity index (χ2v) is 7.50. The zero-order valence-corrected chi connectivity index (χ0v) is 15.6. The van der Waals surface area contributed by atoms with E-state index >= 15 is 0 Å². The molecule has 0 N–H and O–H groups in total. The number of Topliss-reactive ketones (excluding diaryl/α,β-unsaturated/α-hetero) is 1. The van der Waals surface area contributed by atoms with Gasteiger partial charge in [0.05, 0.1) is 11.5 Å². The van der Waals surface area contributed by atoms with Crippen molar-refractivity contribution in [1.29, 1.82) is 0 Å². The Morgan fingerprint density at radius 1 is 1.15 bits per heavy atom. The van der Waals surface area contributed by atoms with Crippen LogP contribution in [0.5, 0.6) is 0 Å². The third-order valence-electron chi connectivity index (χ3n) is 5.07. The average Bonchev–Trinajstić information content (AvgIpc) is 3.09. The molecule has 4 nitrogen and oxygen atoms in total. The largest absolute Gasteiger partial charge is 0.450 e. The number of amides is 1. The van der Waals surface area contributed by atoms with Crippen LogP contribution in [0.25, 0.3) is 5.57 Å². The molecule has 5 heteroatoms. The van der Waals surface area contributed by atoms with Crippen LogP contribution in [0.2, 0.25) is 0 Å². The van der Waals surface area contributed by atoms with Gasteiger partial charge in [-0.1, -0.05) is 29.8 Å². The summed E-state index contributed by atoms with van der Waals surface area (Å²) in [4.78, 5) is 27.3. The lowest BCUT2D eigenvalue weighted by molar-refractivity contribution is 0.0996. The molecular formula is C21H21NO3S. The van der Waals surface area contributed by atoms with Gasteiger partial charge in [0, 0.05) is 25.1 Å². The number of hydrogen-bond acceptors (Lipinski definition) is 4. The number of benzene rings is 1. The number of ether oxygens (including phenoxy) is 1. The molecule has 1 amide bonds. The van der Waals surface area contributed by atoms with E-state index in [0.29, 0.717) is 26.1 Å². The predicted octanol–water partition coefficient (Wildman–Crippen LogP) is 4.54. The van der Waals surface area contributed by atoms with Crippen LogP contribution in [0.3, 0.4) is 0 Å². The minimum absolute atomic E-state index is 0.196. The molecule has 4 rings (SSSR count). The molecular weight excluding hydrogens is 346 g/mol. The maximum absolute atomic E-state index is 12.7. The number of likely N-dealkylation sites (tertiary alicyclic amines) is 1. The topological polar surface area (TPSA) is 46.6 Å². The van der Waals surface area contributed by atoms with Crippen molar-refractivity contribution in [1.82, 2.24) is 4.90 Å². The van der Waals surface area contributed by atoms with Crippen LogP contribution in [0, 0.1) is 0 Å². The minimum atomic E-state index is -0.232. The molecule has 26 heavy (non-hydrogen) atoms. The van der Waals surface area contributed by atoms with Crippen LogP contribution in [0.1, 0.15) is 46.1 Å². The van der Waals surface area contributed by atoms with E-state index in [2.05, 4.69) is 18.2 Å². The highest BCUT2D eigenvalue weighted by molar-refractivity contribution is 7.12. The number of ketones is 1. The molecule has 2 aliphatic rings. The molecule has 1 fully saturated rings. The number of nitrogens with zero attached hydrogens (tertiary/aromatic N) is 1. The number of hydrogen-bond donors (Lipinski definition) is 0. The SMILES string of the molecule is CCOC(=O)N1CCC(=C2c3ccccc3CC(=O)c3sccc32)CC1. The number of rotatable bonds is 1. The Labute approximate surface area is 157 Å². The fourth-order valence-corrected chi connectivity index (χ4v) is 4.68. The Hall–Kier alpha value is -2.40. The summed E-state index contributed by atoms with van der Waals surface area (Å²) in [6, 6.07) is 10.3. The lowest BCUT2D eigenvalue weighted by Crippen LogP contribution is -2.37. The zero-order valence-electron chi connectivity index (χ0n) is 14.8. The number of thiophene rings is 1. The normalized spacial score (nSPS) is 16.8. The third-order valence-corrected chi connectivity index (χ3v) is 6.03. The molecule has 1 aromatic carbocycles. The van der Waals surface area contributed by atoms with E-state index < -0.39 is 0 Å². The summed E-state index contributed by atoms with van der Waals surface area (Å²) in [5.74, 6) is 0.196. The van der Waals surface area contributed by atoms with Crippen molar-refractivity contribution in [3.05, 3.63) is 62.9 Å². The van der Waals surface area contributed by atoms with Gasteiger partial charge in [0.25, 0.3) is 0 Å². The van der Waals surface area contributed by atoms with Gasteiger partial charge in [-0.3, -0.25) is 4.79 Å². The van der Waals surface area contributed by atoms with Gasteiger partial charge >= 0.3 is 6.09 Å². The quantitative estimate of drug-likeness (QED) is 0.743. The Balaban J connectivity index is 1.75. The van der Waals surface area contributed by atoms with Crippen molar-refractivity contribution in [2.24, 2.45) is 0 Å². The average molecular weight is 367 g/mol. The Bertz CT molecular complexity index is 886. The first-order valence-corrected chi connectivity index (χ1v) is 9.90. The fraction of sp³-hybridized carbons (Fsp3) is 0.333. The number of piperidine rings is 1. The van der Waals surface area contributed by atoms with Gasteiger partial charge in [-0.15, -0.1) is 11.3 Å². The highest BCUT2D eigenvalue weighted by atomic mass is 32.1. The Morgan fingerprint density at radius 2 is 1.92 bits per heavy atom. The highest BCUT2D eigenvalue weighted by Gasteiger charge is 2.28. The van der Waals surface area contributed by atoms with Crippen molar-refractivity contribution >= 4 is 28.8 Å². The van der Waals surface area contributed by atoms with E-state index in [1.807, 2.05) is 24.4 Å². The first-order valence-electron chi connectivity index (χ1n) is 9.02. The van der Waals surface area contributed by atoms with Gasteiger partial charge in [-0.05, 0) is 47.9 Å². The lowest BCUT2D eigenvalue weighted by atomic mass is 9.88. The second kappa shape index (κ2) is 7.08. The summed E-state index contributed by atoms with van der Waals surface area (Å²) < 4.78 is 5.12. The van der Waals surface area contributed by atoms with Crippen LogP contribution in [0.4, 0.5) is 4.79 Å². The highest BCUT2D eigenvalue weighted by Crippen LogP contribution is 2.40. The van der Waals surface area contributed by atoms with E-state index in [-0.39, 0.29) is 11.9 Å². The minimum Gasteiger partial charge on any atom is -0.450 e. The molecule has 0 radical (unpaired) electrons. The van der Waals surface area contributed by atoms with Gasteiger partial charge in [0.15, 0.2) is 5.78 Å².